The number of nitrogens with zero attached hydrogens (tertiary/aromatic N) is 2. The molecule has 0 aliphatic heterocycles. The van der Waals surface area contributed by atoms with Crippen LogP contribution in [0, 0.1) is 0 Å². The third-order valence-corrected chi connectivity index (χ3v) is 5.46. The van der Waals surface area contributed by atoms with Gasteiger partial charge in [0.25, 0.3) is 0 Å². The normalized spacial score (nSPS) is 11.4. The molecule has 0 aliphatic rings. The van der Waals surface area contributed by atoms with Crippen molar-refractivity contribution in [2.75, 3.05) is 7.11 Å². The molecule has 3 heteroatoms. The maximum absolute atomic E-state index is 5.73. The smallest absolute Gasteiger partial charge is 0.127 e. The van der Waals surface area contributed by atoms with Crippen molar-refractivity contribution in [1.82, 2.24) is 9.78 Å². The molecule has 0 atom stereocenters. The van der Waals surface area contributed by atoms with Gasteiger partial charge in [0, 0.05) is 16.2 Å². The molecular formula is C25H28N2O. The van der Waals surface area contributed by atoms with Gasteiger partial charge in [0.1, 0.15) is 5.75 Å². The largest absolute Gasteiger partial charge is 0.496 e. The molecule has 0 radical (unpaired) electrons. The average molecular weight is 373 g/mol. The van der Waals surface area contributed by atoms with E-state index in [9.17, 15) is 0 Å². The third kappa shape index (κ3) is 3.49. The molecule has 0 amide bonds. The quantitative estimate of drug-likeness (QED) is 0.322. The second-order valence-corrected chi connectivity index (χ2v) is 7.38. The van der Waals surface area contributed by atoms with Crippen LogP contribution in [0.15, 0.2) is 60.7 Å². The molecule has 0 fully saturated rings. The van der Waals surface area contributed by atoms with E-state index in [-0.39, 0.29) is 0 Å². The van der Waals surface area contributed by atoms with Gasteiger partial charge in [-0.3, -0.25) is 0 Å². The molecule has 0 N–H and O–H groups in total. The Morgan fingerprint density at radius 3 is 2.29 bits per heavy atom. The van der Waals surface area contributed by atoms with Gasteiger partial charge in [0.2, 0.25) is 0 Å². The van der Waals surface area contributed by atoms with Crippen LogP contribution in [0.25, 0.3) is 27.4 Å². The minimum Gasteiger partial charge on any atom is -0.496 e. The predicted octanol–water partition coefficient (Wildman–Crippen LogP) is 6.70. The standard InChI is InChI=1S/C25H28N2O/c1-3-4-5-6-10-17-23-22-18-24(28-2)20-15-11-12-16-21(20)25(22)27(26-23)19-13-8-7-9-14-19/h7-9,11-16,18H,3-6,10,17H2,1-2H3. The zero-order valence-corrected chi connectivity index (χ0v) is 16.8. The molecule has 1 aromatic heterocycles. The van der Waals surface area contributed by atoms with Crippen molar-refractivity contribution in [3.05, 3.63) is 66.4 Å². The molecule has 0 saturated heterocycles. The van der Waals surface area contributed by atoms with Crippen LogP contribution in [0.4, 0.5) is 0 Å². The van der Waals surface area contributed by atoms with Crippen LogP contribution in [0.3, 0.4) is 0 Å². The highest BCUT2D eigenvalue weighted by Crippen LogP contribution is 2.36. The van der Waals surface area contributed by atoms with E-state index in [0.717, 1.165) is 23.2 Å². The molecule has 0 spiro atoms. The number of hydrogen-bond acceptors (Lipinski definition) is 2. The van der Waals surface area contributed by atoms with Gasteiger partial charge in [0.15, 0.2) is 0 Å². The van der Waals surface area contributed by atoms with E-state index in [2.05, 4.69) is 66.2 Å². The van der Waals surface area contributed by atoms with Gasteiger partial charge in [0.05, 0.1) is 24.0 Å². The molecule has 4 aromatic rings. The van der Waals surface area contributed by atoms with Gasteiger partial charge >= 0.3 is 0 Å². The molecule has 3 nitrogen and oxygen atoms in total. The number of aryl methyl sites for hydroxylation is 1. The lowest BCUT2D eigenvalue weighted by Crippen LogP contribution is -1.97. The van der Waals surface area contributed by atoms with Crippen LogP contribution in [0.2, 0.25) is 0 Å². The third-order valence-electron chi connectivity index (χ3n) is 5.46. The van der Waals surface area contributed by atoms with E-state index >= 15 is 0 Å². The Balaban J connectivity index is 1.86. The van der Waals surface area contributed by atoms with Crippen LogP contribution in [0.5, 0.6) is 5.75 Å². The van der Waals surface area contributed by atoms with Crippen LogP contribution in [-0.4, -0.2) is 16.9 Å². The Bertz CT molecular complexity index is 1070. The first kappa shape index (κ1) is 18.5. The highest BCUT2D eigenvalue weighted by molar-refractivity contribution is 6.10. The average Bonchev–Trinajstić information content (AvgIpc) is 3.12. The van der Waals surface area contributed by atoms with Crippen LogP contribution in [-0.2, 0) is 6.42 Å². The van der Waals surface area contributed by atoms with E-state index in [4.69, 9.17) is 9.84 Å². The van der Waals surface area contributed by atoms with Crippen molar-refractivity contribution in [3.63, 3.8) is 0 Å². The van der Waals surface area contributed by atoms with Crippen molar-refractivity contribution in [1.29, 1.82) is 0 Å². The molecule has 0 saturated carbocycles. The van der Waals surface area contributed by atoms with Crippen molar-refractivity contribution < 1.29 is 4.74 Å². The Labute approximate surface area is 166 Å². The molecule has 0 aliphatic carbocycles. The highest BCUT2D eigenvalue weighted by atomic mass is 16.5. The molecule has 0 bridgehead atoms. The SMILES string of the molecule is CCCCCCCc1nn(-c2ccccc2)c2c1cc(OC)c1ccccc12. The molecule has 3 aromatic carbocycles. The number of aromatic nitrogens is 2. The summed E-state index contributed by atoms with van der Waals surface area (Å²) in [6.45, 7) is 2.26. The number of fused-ring (bicyclic) bond motifs is 3. The first-order chi connectivity index (χ1) is 13.8. The van der Waals surface area contributed by atoms with E-state index in [0.29, 0.717) is 0 Å². The number of methoxy groups -OCH3 is 1. The van der Waals surface area contributed by atoms with E-state index < -0.39 is 0 Å². The van der Waals surface area contributed by atoms with Crippen LogP contribution in [0.1, 0.15) is 44.7 Å². The van der Waals surface area contributed by atoms with Gasteiger partial charge in [-0.05, 0) is 31.0 Å². The van der Waals surface area contributed by atoms with Crippen molar-refractivity contribution >= 4 is 21.7 Å². The number of unbranched alkanes of at least 4 members (excludes halogenated alkanes) is 4. The fourth-order valence-electron chi connectivity index (χ4n) is 4.01. The lowest BCUT2D eigenvalue weighted by Gasteiger charge is -2.09. The van der Waals surface area contributed by atoms with Gasteiger partial charge in [-0.2, -0.15) is 5.10 Å². The summed E-state index contributed by atoms with van der Waals surface area (Å²) < 4.78 is 7.84. The minimum atomic E-state index is 0.919. The van der Waals surface area contributed by atoms with Crippen molar-refractivity contribution in [3.8, 4) is 11.4 Å². The Kier molecular flexibility index (Phi) is 5.61. The fraction of sp³-hybridized carbons (Fsp3) is 0.320. The van der Waals surface area contributed by atoms with Crippen molar-refractivity contribution in [2.45, 2.75) is 45.4 Å². The Morgan fingerprint density at radius 1 is 0.821 bits per heavy atom. The van der Waals surface area contributed by atoms with E-state index in [1.165, 1.54) is 54.1 Å². The first-order valence-electron chi connectivity index (χ1n) is 10.4. The summed E-state index contributed by atoms with van der Waals surface area (Å²) in [5, 5.41) is 8.58. The van der Waals surface area contributed by atoms with Gasteiger partial charge in [-0.1, -0.05) is 75.1 Å². The molecule has 28 heavy (non-hydrogen) atoms. The maximum Gasteiger partial charge on any atom is 0.127 e. The van der Waals surface area contributed by atoms with Gasteiger partial charge in [-0.25, -0.2) is 4.68 Å². The number of benzene rings is 3. The number of hydrogen-bond donors (Lipinski definition) is 0. The highest BCUT2D eigenvalue weighted by Gasteiger charge is 2.17. The predicted molar refractivity (Wildman–Crippen MR) is 118 cm³/mol. The first-order valence-corrected chi connectivity index (χ1v) is 10.4. The fourth-order valence-corrected chi connectivity index (χ4v) is 4.01. The van der Waals surface area contributed by atoms with Crippen molar-refractivity contribution in [2.24, 2.45) is 0 Å². The summed E-state index contributed by atoms with van der Waals surface area (Å²) >= 11 is 0. The number of ether oxygens (including phenoxy) is 1. The van der Waals surface area contributed by atoms with E-state index in [1.54, 1.807) is 7.11 Å². The lowest BCUT2D eigenvalue weighted by atomic mass is 10.0. The van der Waals surface area contributed by atoms with E-state index in [1.807, 2.05) is 6.07 Å². The Hall–Kier alpha value is -2.81. The monoisotopic (exact) mass is 372 g/mol. The zero-order valence-electron chi connectivity index (χ0n) is 16.8. The molecule has 144 valence electrons. The zero-order chi connectivity index (χ0) is 19.3. The Morgan fingerprint density at radius 2 is 1.54 bits per heavy atom. The van der Waals surface area contributed by atoms with Gasteiger partial charge in [-0.15, -0.1) is 0 Å². The van der Waals surface area contributed by atoms with Crippen LogP contribution >= 0.6 is 0 Å². The number of para-hydroxylation sites is 1. The van der Waals surface area contributed by atoms with Crippen LogP contribution < -0.4 is 4.74 Å². The summed E-state index contributed by atoms with van der Waals surface area (Å²) in [4.78, 5) is 0. The summed E-state index contributed by atoms with van der Waals surface area (Å²) in [5.74, 6) is 0.919. The molecule has 4 rings (SSSR count). The summed E-state index contributed by atoms with van der Waals surface area (Å²) in [6, 6.07) is 21.1. The lowest BCUT2D eigenvalue weighted by molar-refractivity contribution is 0.420. The summed E-state index contributed by atoms with van der Waals surface area (Å²) in [7, 11) is 1.75. The summed E-state index contributed by atoms with van der Waals surface area (Å²) in [6.07, 6.45) is 7.34. The molecule has 0 unspecified atom stereocenters. The molecule has 1 heterocycles. The van der Waals surface area contributed by atoms with Gasteiger partial charge < -0.3 is 4.74 Å². The maximum atomic E-state index is 5.73. The minimum absolute atomic E-state index is 0.919. The number of rotatable bonds is 8. The second kappa shape index (κ2) is 8.47. The summed E-state index contributed by atoms with van der Waals surface area (Å²) in [5.41, 5.74) is 3.44. The topological polar surface area (TPSA) is 27.1 Å². The molecular weight excluding hydrogens is 344 g/mol. The second-order valence-electron chi connectivity index (χ2n) is 7.38.